The van der Waals surface area contributed by atoms with Crippen molar-refractivity contribution in [3.05, 3.63) is 29.3 Å². The smallest absolute Gasteiger partial charge is 0.207 e. The lowest BCUT2D eigenvalue weighted by Gasteiger charge is -2.20. The number of hydrogen-bond donors (Lipinski definition) is 0. The van der Waals surface area contributed by atoms with E-state index in [0.29, 0.717) is 18.6 Å². The van der Waals surface area contributed by atoms with E-state index in [1.54, 1.807) is 0 Å². The Bertz CT molecular complexity index is 651. The van der Waals surface area contributed by atoms with Crippen LogP contribution in [0.3, 0.4) is 0 Å². The van der Waals surface area contributed by atoms with Gasteiger partial charge in [0.25, 0.3) is 0 Å². The quantitative estimate of drug-likeness (QED) is 0.834. The summed E-state index contributed by atoms with van der Waals surface area (Å²) in [6.07, 6.45) is 1.18. The van der Waals surface area contributed by atoms with Crippen LogP contribution in [0.2, 0.25) is 0 Å². The summed E-state index contributed by atoms with van der Waals surface area (Å²) in [4.78, 5) is 0. The van der Waals surface area contributed by atoms with Crippen molar-refractivity contribution in [3.8, 4) is 0 Å². The second kappa shape index (κ2) is 4.47. The lowest BCUT2D eigenvalue weighted by atomic mass is 10.2. The summed E-state index contributed by atoms with van der Waals surface area (Å²) in [6, 6.07) is 1.26. The normalized spacial score (nSPS) is 12.5. The molecule has 0 radical (unpaired) electrons. The molecule has 0 aliphatic rings. The van der Waals surface area contributed by atoms with Gasteiger partial charge in [0.2, 0.25) is 20.0 Å². The topological polar surface area (TPSA) is 71.5 Å². The van der Waals surface area contributed by atoms with Gasteiger partial charge < -0.3 is 0 Å². The fourth-order valence-electron chi connectivity index (χ4n) is 1.38. The molecule has 0 aliphatic heterocycles. The summed E-state index contributed by atoms with van der Waals surface area (Å²) in [5.41, 5.74) is -0.915. The van der Waals surface area contributed by atoms with Gasteiger partial charge in [-0.15, -0.1) is 0 Å². The molecule has 0 unspecified atom stereocenters. The van der Waals surface area contributed by atoms with E-state index < -0.39 is 37.4 Å². The van der Waals surface area contributed by atoms with Gasteiger partial charge in [0.15, 0.2) is 0 Å². The highest BCUT2D eigenvalue weighted by atomic mass is 32.3. The number of rotatable bonds is 3. The van der Waals surface area contributed by atoms with E-state index in [-0.39, 0.29) is 9.27 Å². The van der Waals surface area contributed by atoms with Gasteiger partial charge in [-0.25, -0.2) is 25.6 Å². The van der Waals surface area contributed by atoms with E-state index in [4.69, 9.17) is 0 Å². The molecule has 102 valence electrons. The first-order valence-corrected chi connectivity index (χ1v) is 8.30. The third kappa shape index (κ3) is 2.96. The molecule has 5 nitrogen and oxygen atoms in total. The number of hydrogen-bond acceptors (Lipinski definition) is 4. The van der Waals surface area contributed by atoms with Gasteiger partial charge in [-0.05, 0) is 18.6 Å². The van der Waals surface area contributed by atoms with Gasteiger partial charge in [-0.3, -0.25) is 0 Å². The zero-order valence-electron chi connectivity index (χ0n) is 9.81. The maximum atomic E-state index is 13.6. The lowest BCUT2D eigenvalue weighted by Crippen LogP contribution is -2.36. The molecule has 0 N–H and O–H groups in total. The third-order valence-corrected chi connectivity index (χ3v) is 5.25. The minimum Gasteiger partial charge on any atom is -0.207 e. The zero-order chi connectivity index (χ0) is 14.3. The predicted molar refractivity (Wildman–Crippen MR) is 63.3 cm³/mol. The van der Waals surface area contributed by atoms with E-state index in [2.05, 4.69) is 0 Å². The number of benzene rings is 1. The molecule has 0 aromatic heterocycles. The Morgan fingerprint density at radius 2 is 1.39 bits per heavy atom. The first kappa shape index (κ1) is 14.8. The number of nitrogens with zero attached hydrogens (tertiary/aromatic N) is 1. The van der Waals surface area contributed by atoms with Crippen LogP contribution in [0.15, 0.2) is 12.1 Å². The van der Waals surface area contributed by atoms with Crippen molar-refractivity contribution in [1.29, 1.82) is 0 Å². The molecule has 0 bridgehead atoms. The van der Waals surface area contributed by atoms with Crippen LogP contribution in [0.4, 0.5) is 14.5 Å². The standard InChI is InChI=1S/C9H11F2NO4S2/c1-6-4-8(11)9(5-7(6)10)12(17(2,13)14)18(3,15)16/h4-5H,1-3H3. The molecule has 0 fully saturated rings. The van der Waals surface area contributed by atoms with E-state index in [1.165, 1.54) is 6.92 Å². The average molecular weight is 299 g/mol. The van der Waals surface area contributed by atoms with E-state index in [1.807, 2.05) is 0 Å². The molecule has 0 spiro atoms. The van der Waals surface area contributed by atoms with Gasteiger partial charge in [0.1, 0.15) is 17.3 Å². The van der Waals surface area contributed by atoms with Crippen LogP contribution in [-0.4, -0.2) is 29.3 Å². The molecule has 0 saturated heterocycles. The Balaban J connectivity index is 3.66. The van der Waals surface area contributed by atoms with Gasteiger partial charge in [-0.1, -0.05) is 0 Å². The van der Waals surface area contributed by atoms with Crippen LogP contribution < -0.4 is 3.71 Å². The maximum absolute atomic E-state index is 13.6. The average Bonchev–Trinajstić information content (AvgIpc) is 2.09. The van der Waals surface area contributed by atoms with E-state index in [0.717, 1.165) is 6.07 Å². The number of anilines is 1. The Morgan fingerprint density at radius 3 is 1.78 bits per heavy atom. The van der Waals surface area contributed by atoms with Crippen molar-refractivity contribution in [2.45, 2.75) is 6.92 Å². The second-order valence-electron chi connectivity index (χ2n) is 3.78. The Labute approximate surface area is 104 Å². The van der Waals surface area contributed by atoms with Crippen LogP contribution in [0.5, 0.6) is 0 Å². The summed E-state index contributed by atoms with van der Waals surface area (Å²) < 4.78 is 72.3. The minimum absolute atomic E-state index is 0.0572. The highest BCUT2D eigenvalue weighted by Gasteiger charge is 2.30. The van der Waals surface area contributed by atoms with Gasteiger partial charge in [0, 0.05) is 6.07 Å². The molecule has 0 heterocycles. The molecule has 18 heavy (non-hydrogen) atoms. The molecule has 1 aromatic rings. The lowest BCUT2D eigenvalue weighted by molar-refractivity contribution is 0.579. The monoisotopic (exact) mass is 299 g/mol. The minimum atomic E-state index is -4.29. The summed E-state index contributed by atoms with van der Waals surface area (Å²) in [6.45, 7) is 1.27. The largest absolute Gasteiger partial charge is 0.245 e. The van der Waals surface area contributed by atoms with Gasteiger partial charge >= 0.3 is 0 Å². The van der Waals surface area contributed by atoms with Crippen molar-refractivity contribution in [1.82, 2.24) is 0 Å². The Kier molecular flexibility index (Phi) is 3.68. The van der Waals surface area contributed by atoms with Crippen LogP contribution in [0, 0.1) is 18.6 Å². The zero-order valence-corrected chi connectivity index (χ0v) is 11.4. The SMILES string of the molecule is Cc1cc(F)c(N(S(C)(=O)=O)S(C)(=O)=O)cc1F. The highest BCUT2D eigenvalue weighted by molar-refractivity contribution is 8.09. The summed E-state index contributed by atoms with van der Waals surface area (Å²) in [7, 11) is -8.58. The van der Waals surface area contributed by atoms with Gasteiger partial charge in [-0.2, -0.15) is 3.71 Å². The maximum Gasteiger partial charge on any atom is 0.245 e. The molecule has 0 aliphatic carbocycles. The molecular formula is C9H11F2NO4S2. The van der Waals surface area contributed by atoms with Crippen LogP contribution >= 0.6 is 0 Å². The molecule has 0 atom stereocenters. The summed E-state index contributed by atoms with van der Waals surface area (Å²) >= 11 is 0. The van der Waals surface area contributed by atoms with Crippen LogP contribution in [0.25, 0.3) is 0 Å². The Hall–Kier alpha value is -1.22. The molecule has 0 saturated carbocycles. The fraction of sp³-hybridized carbons (Fsp3) is 0.333. The van der Waals surface area contributed by atoms with Crippen molar-refractivity contribution in [3.63, 3.8) is 0 Å². The molecule has 0 amide bonds. The first-order valence-electron chi connectivity index (χ1n) is 4.60. The Morgan fingerprint density at radius 1 is 0.944 bits per heavy atom. The first-order chi connectivity index (χ1) is 7.94. The molecule has 1 rings (SSSR count). The fourth-order valence-corrected chi connectivity index (χ4v) is 4.34. The van der Waals surface area contributed by atoms with Crippen molar-refractivity contribution in [2.24, 2.45) is 0 Å². The van der Waals surface area contributed by atoms with Crippen molar-refractivity contribution < 1.29 is 25.6 Å². The number of sulfonamides is 2. The van der Waals surface area contributed by atoms with Crippen LogP contribution in [-0.2, 0) is 20.0 Å². The van der Waals surface area contributed by atoms with Crippen molar-refractivity contribution >= 4 is 25.7 Å². The number of aryl methyl sites for hydroxylation is 1. The summed E-state index contributed by atoms with van der Waals surface area (Å²) in [5.74, 6) is -2.03. The third-order valence-electron chi connectivity index (χ3n) is 2.03. The van der Waals surface area contributed by atoms with E-state index in [9.17, 15) is 25.6 Å². The molecule has 1 aromatic carbocycles. The van der Waals surface area contributed by atoms with Crippen molar-refractivity contribution in [2.75, 3.05) is 16.2 Å². The highest BCUT2D eigenvalue weighted by Crippen LogP contribution is 2.27. The van der Waals surface area contributed by atoms with Gasteiger partial charge in [0.05, 0.1) is 12.5 Å². The molecule has 9 heteroatoms. The number of halogens is 2. The summed E-state index contributed by atoms with van der Waals surface area (Å²) in [5, 5.41) is 0. The van der Waals surface area contributed by atoms with E-state index >= 15 is 0 Å². The second-order valence-corrected chi connectivity index (χ2v) is 7.67. The predicted octanol–water partition coefficient (Wildman–Crippen LogP) is 0.999. The molecular weight excluding hydrogens is 288 g/mol. The van der Waals surface area contributed by atoms with Crippen LogP contribution in [0.1, 0.15) is 5.56 Å².